The third-order valence-corrected chi connectivity index (χ3v) is 5.45. The number of halogens is 2. The van der Waals surface area contributed by atoms with Crippen LogP contribution < -0.4 is 0 Å². The Hall–Kier alpha value is -0.710. The van der Waals surface area contributed by atoms with Gasteiger partial charge >= 0.3 is 0 Å². The van der Waals surface area contributed by atoms with Crippen molar-refractivity contribution < 1.29 is 9.50 Å². The highest BCUT2D eigenvalue weighted by Crippen LogP contribution is 2.35. The fourth-order valence-electron chi connectivity index (χ4n) is 2.51. The SMILES string of the molecule is OC(Cc1ccc(F)c(Br)c1)c1cc2c(s1)CCC2. The van der Waals surface area contributed by atoms with Crippen LogP contribution in [0.15, 0.2) is 28.7 Å². The monoisotopic (exact) mass is 340 g/mol. The molecule has 1 atom stereocenters. The van der Waals surface area contributed by atoms with Crippen molar-refractivity contribution in [2.24, 2.45) is 0 Å². The van der Waals surface area contributed by atoms with Gasteiger partial charge in [-0.15, -0.1) is 11.3 Å². The minimum absolute atomic E-state index is 0.270. The van der Waals surface area contributed by atoms with Crippen LogP contribution in [-0.2, 0) is 19.3 Å². The first-order chi connectivity index (χ1) is 9.13. The lowest BCUT2D eigenvalue weighted by molar-refractivity contribution is 0.182. The Kier molecular flexibility index (Phi) is 3.74. The number of rotatable bonds is 3. The Morgan fingerprint density at radius 2 is 2.16 bits per heavy atom. The molecule has 4 heteroatoms. The van der Waals surface area contributed by atoms with Gasteiger partial charge in [-0.25, -0.2) is 4.39 Å². The standard InChI is InChI=1S/C15H14BrFOS/c16-11-6-9(4-5-12(11)17)7-13(18)15-8-10-2-1-3-14(10)19-15/h4-6,8,13,18H,1-3,7H2. The predicted molar refractivity (Wildman–Crippen MR) is 79.1 cm³/mol. The molecule has 1 aliphatic carbocycles. The van der Waals surface area contributed by atoms with E-state index >= 15 is 0 Å². The average Bonchev–Trinajstić information content (AvgIpc) is 2.94. The molecule has 19 heavy (non-hydrogen) atoms. The molecule has 1 unspecified atom stereocenters. The van der Waals surface area contributed by atoms with Crippen molar-refractivity contribution >= 4 is 27.3 Å². The van der Waals surface area contributed by atoms with Gasteiger partial charge in [-0.3, -0.25) is 0 Å². The first-order valence-electron chi connectivity index (χ1n) is 6.37. The summed E-state index contributed by atoms with van der Waals surface area (Å²) in [6, 6.07) is 7.03. The zero-order valence-corrected chi connectivity index (χ0v) is 12.7. The van der Waals surface area contributed by atoms with Crippen LogP contribution in [0.3, 0.4) is 0 Å². The molecule has 0 saturated heterocycles. The Labute approximate surface area is 124 Å². The van der Waals surface area contributed by atoms with E-state index in [4.69, 9.17) is 0 Å². The Balaban J connectivity index is 1.76. The number of hydrogen-bond donors (Lipinski definition) is 1. The van der Waals surface area contributed by atoms with Crippen molar-refractivity contribution in [3.63, 3.8) is 0 Å². The summed E-state index contributed by atoms with van der Waals surface area (Å²) in [5, 5.41) is 10.3. The summed E-state index contributed by atoms with van der Waals surface area (Å²) in [6.07, 6.45) is 3.56. The van der Waals surface area contributed by atoms with E-state index in [0.717, 1.165) is 23.3 Å². The molecule has 1 N–H and O–H groups in total. The minimum atomic E-state index is -0.493. The second kappa shape index (κ2) is 5.35. The van der Waals surface area contributed by atoms with E-state index in [2.05, 4.69) is 22.0 Å². The lowest BCUT2D eigenvalue weighted by atomic mass is 10.1. The highest BCUT2D eigenvalue weighted by molar-refractivity contribution is 9.10. The third-order valence-electron chi connectivity index (χ3n) is 3.51. The second-order valence-corrected chi connectivity index (χ2v) is 6.94. The van der Waals surface area contributed by atoms with Crippen LogP contribution in [-0.4, -0.2) is 5.11 Å². The molecule has 2 aromatic rings. The van der Waals surface area contributed by atoms with Gasteiger partial charge in [-0.05, 0) is 64.5 Å². The zero-order chi connectivity index (χ0) is 13.4. The maximum Gasteiger partial charge on any atom is 0.137 e. The highest BCUT2D eigenvalue weighted by Gasteiger charge is 2.19. The van der Waals surface area contributed by atoms with Crippen LogP contribution in [0, 0.1) is 5.82 Å². The van der Waals surface area contributed by atoms with E-state index in [1.807, 2.05) is 0 Å². The molecule has 1 aromatic carbocycles. The summed E-state index contributed by atoms with van der Waals surface area (Å²) < 4.78 is 13.6. The van der Waals surface area contributed by atoms with Gasteiger partial charge in [0.1, 0.15) is 5.82 Å². The van der Waals surface area contributed by atoms with Gasteiger partial charge in [0.05, 0.1) is 10.6 Å². The minimum Gasteiger partial charge on any atom is -0.387 e. The summed E-state index contributed by atoms with van der Waals surface area (Å²) in [5.74, 6) is -0.270. The molecule has 0 fully saturated rings. The molecule has 0 spiro atoms. The summed E-state index contributed by atoms with van der Waals surface area (Å²) >= 11 is 4.90. The second-order valence-electron chi connectivity index (χ2n) is 4.92. The van der Waals surface area contributed by atoms with Crippen molar-refractivity contribution in [2.75, 3.05) is 0 Å². The number of hydrogen-bond acceptors (Lipinski definition) is 2. The van der Waals surface area contributed by atoms with E-state index in [0.29, 0.717) is 10.9 Å². The van der Waals surface area contributed by atoms with E-state index in [9.17, 15) is 9.50 Å². The van der Waals surface area contributed by atoms with Crippen LogP contribution >= 0.6 is 27.3 Å². The molecule has 0 saturated carbocycles. The normalized spacial score (nSPS) is 15.5. The summed E-state index contributed by atoms with van der Waals surface area (Å²) in [7, 11) is 0. The lowest BCUT2D eigenvalue weighted by Gasteiger charge is -2.09. The molecule has 0 radical (unpaired) electrons. The third kappa shape index (κ3) is 2.76. The average molecular weight is 341 g/mol. The number of aliphatic hydroxyl groups excluding tert-OH is 1. The van der Waals surface area contributed by atoms with Crippen molar-refractivity contribution in [3.8, 4) is 0 Å². The quantitative estimate of drug-likeness (QED) is 0.877. The van der Waals surface area contributed by atoms with E-state index < -0.39 is 6.10 Å². The maximum atomic E-state index is 13.2. The Bertz CT molecular complexity index is 587. The van der Waals surface area contributed by atoms with Crippen molar-refractivity contribution in [2.45, 2.75) is 31.8 Å². The molecule has 1 heterocycles. The molecular weight excluding hydrogens is 327 g/mol. The smallest absolute Gasteiger partial charge is 0.137 e. The van der Waals surface area contributed by atoms with Crippen molar-refractivity contribution in [3.05, 3.63) is 55.4 Å². The van der Waals surface area contributed by atoms with Crippen LogP contribution in [0.4, 0.5) is 4.39 Å². The van der Waals surface area contributed by atoms with Crippen molar-refractivity contribution in [1.82, 2.24) is 0 Å². The van der Waals surface area contributed by atoms with Gasteiger partial charge in [-0.1, -0.05) is 6.07 Å². The Morgan fingerprint density at radius 1 is 1.32 bits per heavy atom. The fourth-order valence-corrected chi connectivity index (χ4v) is 4.18. The summed E-state index contributed by atoms with van der Waals surface area (Å²) in [6.45, 7) is 0. The molecular formula is C15H14BrFOS. The molecule has 0 amide bonds. The van der Waals surface area contributed by atoms with Crippen LogP contribution in [0.25, 0.3) is 0 Å². The maximum absolute atomic E-state index is 13.2. The van der Waals surface area contributed by atoms with Gasteiger partial charge in [0.25, 0.3) is 0 Å². The Morgan fingerprint density at radius 3 is 2.89 bits per heavy atom. The molecule has 0 aliphatic heterocycles. The fraction of sp³-hybridized carbons (Fsp3) is 0.333. The highest BCUT2D eigenvalue weighted by atomic mass is 79.9. The van der Waals surface area contributed by atoms with Gasteiger partial charge in [-0.2, -0.15) is 0 Å². The number of fused-ring (bicyclic) bond motifs is 1. The molecule has 1 aliphatic rings. The van der Waals surface area contributed by atoms with Gasteiger partial charge < -0.3 is 5.11 Å². The lowest BCUT2D eigenvalue weighted by Crippen LogP contribution is -2.00. The topological polar surface area (TPSA) is 20.2 Å². The summed E-state index contributed by atoms with van der Waals surface area (Å²) in [5.41, 5.74) is 2.34. The van der Waals surface area contributed by atoms with Gasteiger partial charge in [0, 0.05) is 16.2 Å². The molecule has 100 valence electrons. The van der Waals surface area contributed by atoms with Gasteiger partial charge in [0.2, 0.25) is 0 Å². The summed E-state index contributed by atoms with van der Waals surface area (Å²) in [4.78, 5) is 2.46. The number of benzene rings is 1. The molecule has 0 bridgehead atoms. The molecule has 1 nitrogen and oxygen atoms in total. The molecule has 1 aromatic heterocycles. The number of aryl methyl sites for hydroxylation is 2. The van der Waals surface area contributed by atoms with Gasteiger partial charge in [0.15, 0.2) is 0 Å². The number of aliphatic hydroxyl groups is 1. The van der Waals surface area contributed by atoms with E-state index in [1.165, 1.54) is 22.9 Å². The van der Waals surface area contributed by atoms with E-state index in [-0.39, 0.29) is 5.82 Å². The first kappa shape index (κ1) is 13.3. The van der Waals surface area contributed by atoms with Crippen molar-refractivity contribution in [1.29, 1.82) is 0 Å². The van der Waals surface area contributed by atoms with Crippen LogP contribution in [0.2, 0.25) is 0 Å². The first-order valence-corrected chi connectivity index (χ1v) is 7.98. The van der Waals surface area contributed by atoms with Crippen LogP contribution in [0.1, 0.15) is 33.4 Å². The predicted octanol–water partition coefficient (Wildman–Crippen LogP) is 4.41. The molecule has 3 rings (SSSR count). The zero-order valence-electron chi connectivity index (χ0n) is 10.3. The van der Waals surface area contributed by atoms with E-state index in [1.54, 1.807) is 23.5 Å². The van der Waals surface area contributed by atoms with Crippen LogP contribution in [0.5, 0.6) is 0 Å². The largest absolute Gasteiger partial charge is 0.387 e. The number of thiophene rings is 1.